The number of carbonyl (C=O) groups excluding carboxylic acids is 1. The van der Waals surface area contributed by atoms with Crippen LogP contribution in [0.25, 0.3) is 0 Å². The SMILES string of the molecule is CCOC(C(=O)Nc1cc(C(=O)O)c(C)cc1C)c1ccccc1. The van der Waals surface area contributed by atoms with Gasteiger partial charge in [-0.15, -0.1) is 0 Å². The quantitative estimate of drug-likeness (QED) is 0.848. The average Bonchev–Trinajstić information content (AvgIpc) is 2.55. The molecule has 5 heteroatoms. The first kappa shape index (κ1) is 17.7. The van der Waals surface area contributed by atoms with E-state index in [-0.39, 0.29) is 11.5 Å². The van der Waals surface area contributed by atoms with Crippen LogP contribution >= 0.6 is 0 Å². The Kier molecular flexibility index (Phi) is 5.71. The molecule has 2 rings (SSSR count). The Bertz CT molecular complexity index is 741. The number of carboxylic acid groups (broad SMARTS) is 1. The standard InChI is InChI=1S/C19H21NO4/c1-4-24-17(14-8-6-5-7-9-14)18(21)20-16-11-15(19(22)23)12(2)10-13(16)3/h5-11,17H,4H2,1-3H3,(H,20,21)(H,22,23). The molecule has 0 heterocycles. The summed E-state index contributed by atoms with van der Waals surface area (Å²) >= 11 is 0. The normalized spacial score (nSPS) is 11.8. The summed E-state index contributed by atoms with van der Waals surface area (Å²) in [7, 11) is 0. The summed E-state index contributed by atoms with van der Waals surface area (Å²) in [5, 5.41) is 12.0. The van der Waals surface area contributed by atoms with Crippen LogP contribution in [0.1, 0.15) is 40.1 Å². The van der Waals surface area contributed by atoms with Crippen molar-refractivity contribution in [1.29, 1.82) is 0 Å². The van der Waals surface area contributed by atoms with Crippen LogP contribution in [0.5, 0.6) is 0 Å². The van der Waals surface area contributed by atoms with Gasteiger partial charge in [-0.25, -0.2) is 4.79 Å². The molecule has 0 saturated carbocycles. The van der Waals surface area contributed by atoms with Gasteiger partial charge in [-0.1, -0.05) is 36.4 Å². The van der Waals surface area contributed by atoms with Gasteiger partial charge in [-0.2, -0.15) is 0 Å². The first-order valence-corrected chi connectivity index (χ1v) is 7.76. The third kappa shape index (κ3) is 4.00. The summed E-state index contributed by atoms with van der Waals surface area (Å²) < 4.78 is 5.57. The van der Waals surface area contributed by atoms with Crippen molar-refractivity contribution in [2.45, 2.75) is 26.9 Å². The van der Waals surface area contributed by atoms with Crippen molar-refractivity contribution in [2.75, 3.05) is 11.9 Å². The second kappa shape index (κ2) is 7.75. The Balaban J connectivity index is 2.30. The molecule has 1 amide bonds. The lowest BCUT2D eigenvalue weighted by Gasteiger charge is -2.18. The number of aromatic carboxylic acids is 1. The predicted molar refractivity (Wildman–Crippen MR) is 92.3 cm³/mol. The average molecular weight is 327 g/mol. The molecule has 2 aromatic rings. The summed E-state index contributed by atoms with van der Waals surface area (Å²) in [6.07, 6.45) is -0.745. The van der Waals surface area contributed by atoms with Crippen LogP contribution in [-0.2, 0) is 9.53 Å². The minimum Gasteiger partial charge on any atom is -0.478 e. The second-order valence-electron chi connectivity index (χ2n) is 5.52. The Morgan fingerprint density at radius 2 is 1.79 bits per heavy atom. The van der Waals surface area contributed by atoms with Gasteiger partial charge in [0.15, 0.2) is 6.10 Å². The third-order valence-electron chi connectivity index (χ3n) is 3.73. The second-order valence-corrected chi connectivity index (χ2v) is 5.52. The highest BCUT2D eigenvalue weighted by Crippen LogP contribution is 2.24. The number of aryl methyl sites for hydroxylation is 2. The van der Waals surface area contributed by atoms with Crippen molar-refractivity contribution in [3.63, 3.8) is 0 Å². The fraction of sp³-hybridized carbons (Fsp3) is 0.263. The molecule has 0 spiro atoms. The molecule has 0 bridgehead atoms. The van der Waals surface area contributed by atoms with Crippen molar-refractivity contribution >= 4 is 17.6 Å². The number of carboxylic acids is 1. The monoisotopic (exact) mass is 327 g/mol. The molecule has 0 saturated heterocycles. The molecule has 0 aliphatic rings. The van der Waals surface area contributed by atoms with Crippen LogP contribution in [-0.4, -0.2) is 23.6 Å². The maximum absolute atomic E-state index is 12.6. The summed E-state index contributed by atoms with van der Waals surface area (Å²) in [6.45, 7) is 5.77. The molecule has 2 N–H and O–H groups in total. The molecule has 0 fully saturated rings. The van der Waals surface area contributed by atoms with Crippen molar-refractivity contribution in [2.24, 2.45) is 0 Å². The first-order chi connectivity index (χ1) is 11.4. The third-order valence-corrected chi connectivity index (χ3v) is 3.73. The predicted octanol–water partition coefficient (Wildman–Crippen LogP) is 3.72. The molecule has 1 atom stereocenters. The zero-order valence-electron chi connectivity index (χ0n) is 14.0. The van der Waals surface area contributed by atoms with E-state index in [4.69, 9.17) is 4.74 Å². The lowest BCUT2D eigenvalue weighted by Crippen LogP contribution is -2.24. The number of rotatable bonds is 6. The topological polar surface area (TPSA) is 75.6 Å². The molecule has 0 aliphatic heterocycles. The van der Waals surface area contributed by atoms with E-state index in [0.717, 1.165) is 11.1 Å². The highest BCUT2D eigenvalue weighted by Gasteiger charge is 2.22. The van der Waals surface area contributed by atoms with Crippen LogP contribution in [0, 0.1) is 13.8 Å². The molecule has 0 aromatic heterocycles. The molecule has 2 aromatic carbocycles. The Morgan fingerprint density at radius 1 is 1.12 bits per heavy atom. The molecular weight excluding hydrogens is 306 g/mol. The van der Waals surface area contributed by atoms with Crippen molar-refractivity contribution in [1.82, 2.24) is 0 Å². The lowest BCUT2D eigenvalue weighted by molar-refractivity contribution is -0.127. The van der Waals surface area contributed by atoms with E-state index in [9.17, 15) is 14.7 Å². The smallest absolute Gasteiger partial charge is 0.336 e. The van der Waals surface area contributed by atoms with Gasteiger partial charge in [0.2, 0.25) is 0 Å². The van der Waals surface area contributed by atoms with E-state index in [1.165, 1.54) is 6.07 Å². The number of ether oxygens (including phenoxy) is 1. The van der Waals surface area contributed by atoms with Gasteiger partial charge in [-0.05, 0) is 43.5 Å². The first-order valence-electron chi connectivity index (χ1n) is 7.76. The van der Waals surface area contributed by atoms with Crippen LogP contribution < -0.4 is 5.32 Å². The van der Waals surface area contributed by atoms with Crippen molar-refractivity contribution in [3.8, 4) is 0 Å². The number of amides is 1. The fourth-order valence-electron chi connectivity index (χ4n) is 2.53. The zero-order chi connectivity index (χ0) is 17.7. The lowest BCUT2D eigenvalue weighted by atomic mass is 10.0. The molecule has 0 radical (unpaired) electrons. The van der Waals surface area contributed by atoms with E-state index >= 15 is 0 Å². The maximum Gasteiger partial charge on any atom is 0.336 e. The van der Waals surface area contributed by atoms with Crippen molar-refractivity contribution in [3.05, 3.63) is 64.7 Å². The van der Waals surface area contributed by atoms with Gasteiger partial charge >= 0.3 is 5.97 Å². The number of carbonyl (C=O) groups is 2. The van der Waals surface area contributed by atoms with E-state index in [1.807, 2.05) is 44.2 Å². The van der Waals surface area contributed by atoms with Gasteiger partial charge in [0.05, 0.1) is 5.56 Å². The molecule has 5 nitrogen and oxygen atoms in total. The van der Waals surface area contributed by atoms with Crippen LogP contribution in [0.15, 0.2) is 42.5 Å². The van der Waals surface area contributed by atoms with Gasteiger partial charge in [0, 0.05) is 12.3 Å². The number of hydrogen-bond donors (Lipinski definition) is 2. The molecule has 0 aliphatic carbocycles. The molecular formula is C19H21NO4. The van der Waals surface area contributed by atoms with Crippen LogP contribution in [0.3, 0.4) is 0 Å². The number of hydrogen-bond acceptors (Lipinski definition) is 3. The van der Waals surface area contributed by atoms with E-state index in [2.05, 4.69) is 5.32 Å². The van der Waals surface area contributed by atoms with Crippen molar-refractivity contribution < 1.29 is 19.4 Å². The van der Waals surface area contributed by atoms with E-state index in [1.54, 1.807) is 13.0 Å². The largest absolute Gasteiger partial charge is 0.478 e. The summed E-state index contributed by atoms with van der Waals surface area (Å²) in [5.41, 5.74) is 2.85. The number of benzene rings is 2. The van der Waals surface area contributed by atoms with Gasteiger partial charge in [0.1, 0.15) is 0 Å². The maximum atomic E-state index is 12.6. The van der Waals surface area contributed by atoms with Crippen LogP contribution in [0.2, 0.25) is 0 Å². The van der Waals surface area contributed by atoms with Gasteiger partial charge in [-0.3, -0.25) is 4.79 Å². The number of anilines is 1. The zero-order valence-corrected chi connectivity index (χ0v) is 14.0. The summed E-state index contributed by atoms with van der Waals surface area (Å²) in [5.74, 6) is -1.35. The fourth-order valence-corrected chi connectivity index (χ4v) is 2.53. The Hall–Kier alpha value is -2.66. The summed E-state index contributed by atoms with van der Waals surface area (Å²) in [6, 6.07) is 12.4. The minimum atomic E-state index is -1.02. The molecule has 126 valence electrons. The van der Waals surface area contributed by atoms with E-state index in [0.29, 0.717) is 17.9 Å². The minimum absolute atomic E-state index is 0.170. The Labute approximate surface area is 141 Å². The highest BCUT2D eigenvalue weighted by molar-refractivity contribution is 5.98. The van der Waals surface area contributed by atoms with E-state index < -0.39 is 12.1 Å². The number of nitrogens with one attached hydrogen (secondary N) is 1. The van der Waals surface area contributed by atoms with Crippen LogP contribution in [0.4, 0.5) is 5.69 Å². The Morgan fingerprint density at radius 3 is 2.38 bits per heavy atom. The van der Waals surface area contributed by atoms with Gasteiger partial charge in [0.25, 0.3) is 5.91 Å². The molecule has 1 unspecified atom stereocenters. The highest BCUT2D eigenvalue weighted by atomic mass is 16.5. The summed E-state index contributed by atoms with van der Waals surface area (Å²) in [4.78, 5) is 23.9. The van der Waals surface area contributed by atoms with Gasteiger partial charge < -0.3 is 15.2 Å². The molecule has 24 heavy (non-hydrogen) atoms.